The van der Waals surface area contributed by atoms with E-state index in [9.17, 15) is 9.90 Å². The maximum absolute atomic E-state index is 11.3. The van der Waals surface area contributed by atoms with Crippen molar-refractivity contribution in [2.24, 2.45) is 0 Å². The van der Waals surface area contributed by atoms with Gasteiger partial charge in [-0.15, -0.1) is 0 Å². The Morgan fingerprint density at radius 3 is 2.57 bits per heavy atom. The van der Waals surface area contributed by atoms with Gasteiger partial charge in [0.2, 0.25) is 0 Å². The number of rotatable bonds is 6. The van der Waals surface area contributed by atoms with Gasteiger partial charge in [0.25, 0.3) is 0 Å². The highest BCUT2D eigenvalue weighted by Gasteiger charge is 2.23. The maximum atomic E-state index is 11.3. The van der Waals surface area contributed by atoms with Crippen molar-refractivity contribution in [3.05, 3.63) is 47.8 Å². The second-order valence-corrected chi connectivity index (χ2v) is 5.02. The van der Waals surface area contributed by atoms with E-state index in [-0.39, 0.29) is 0 Å². The van der Waals surface area contributed by atoms with Crippen molar-refractivity contribution in [1.29, 1.82) is 0 Å². The van der Waals surface area contributed by atoms with Crippen molar-refractivity contribution in [1.82, 2.24) is 14.7 Å². The number of aromatic nitrogens is 2. The standard InChI is InChI=1S/C15H19N3O3/c1-17(2)14(15(19)20)12-8-16-18(10-12)9-11-4-6-13(21-3)7-5-11/h4-8,10,14H,9H2,1-3H3,(H,19,20)/t14-/m1/s1. The van der Waals surface area contributed by atoms with Crippen LogP contribution < -0.4 is 4.74 Å². The zero-order chi connectivity index (χ0) is 15.4. The third-order valence-corrected chi connectivity index (χ3v) is 3.22. The molecule has 0 saturated heterocycles. The summed E-state index contributed by atoms with van der Waals surface area (Å²) in [5.41, 5.74) is 1.74. The monoisotopic (exact) mass is 289 g/mol. The number of likely N-dealkylation sites (N-methyl/N-ethyl adjacent to an activating group) is 1. The summed E-state index contributed by atoms with van der Waals surface area (Å²) in [7, 11) is 5.10. The summed E-state index contributed by atoms with van der Waals surface area (Å²) in [6, 6.07) is 7.01. The lowest BCUT2D eigenvalue weighted by atomic mass is 10.1. The van der Waals surface area contributed by atoms with Gasteiger partial charge in [-0.1, -0.05) is 12.1 Å². The number of aliphatic carboxylic acids is 1. The molecule has 0 aliphatic carbocycles. The number of ether oxygens (including phenoxy) is 1. The molecule has 0 amide bonds. The zero-order valence-electron chi connectivity index (χ0n) is 12.4. The number of nitrogens with zero attached hydrogens (tertiary/aromatic N) is 3. The first-order valence-electron chi connectivity index (χ1n) is 6.55. The summed E-state index contributed by atoms with van der Waals surface area (Å²) in [6.07, 6.45) is 3.37. The molecule has 1 atom stereocenters. The van der Waals surface area contributed by atoms with E-state index in [0.717, 1.165) is 11.3 Å². The Morgan fingerprint density at radius 1 is 1.38 bits per heavy atom. The van der Waals surface area contributed by atoms with Crippen LogP contribution >= 0.6 is 0 Å². The molecule has 1 aromatic heterocycles. The van der Waals surface area contributed by atoms with E-state index in [4.69, 9.17) is 4.74 Å². The van der Waals surface area contributed by atoms with Crippen LogP contribution in [-0.2, 0) is 11.3 Å². The summed E-state index contributed by atoms with van der Waals surface area (Å²) in [5, 5.41) is 13.5. The van der Waals surface area contributed by atoms with Gasteiger partial charge < -0.3 is 9.84 Å². The van der Waals surface area contributed by atoms with E-state index in [1.54, 1.807) is 43.2 Å². The van der Waals surface area contributed by atoms with Gasteiger partial charge in [-0.3, -0.25) is 14.4 Å². The fourth-order valence-electron chi connectivity index (χ4n) is 2.19. The van der Waals surface area contributed by atoms with Gasteiger partial charge in [-0.25, -0.2) is 0 Å². The molecule has 0 radical (unpaired) electrons. The van der Waals surface area contributed by atoms with E-state index < -0.39 is 12.0 Å². The van der Waals surface area contributed by atoms with Gasteiger partial charge in [0.15, 0.2) is 0 Å². The van der Waals surface area contributed by atoms with E-state index in [2.05, 4.69) is 5.10 Å². The van der Waals surface area contributed by atoms with E-state index in [1.165, 1.54) is 0 Å². The van der Waals surface area contributed by atoms with Crippen LogP contribution in [0.1, 0.15) is 17.2 Å². The first kappa shape index (κ1) is 15.1. The van der Waals surface area contributed by atoms with Gasteiger partial charge in [0.05, 0.1) is 19.9 Å². The predicted molar refractivity (Wildman–Crippen MR) is 78.4 cm³/mol. The van der Waals surface area contributed by atoms with Gasteiger partial charge in [-0.2, -0.15) is 5.10 Å². The molecular formula is C15H19N3O3. The molecule has 2 aromatic rings. The summed E-state index contributed by atoms with van der Waals surface area (Å²) < 4.78 is 6.85. The van der Waals surface area contributed by atoms with Crippen LogP contribution in [-0.4, -0.2) is 47.0 Å². The van der Waals surface area contributed by atoms with Crippen LogP contribution in [0, 0.1) is 0 Å². The van der Waals surface area contributed by atoms with E-state index >= 15 is 0 Å². The molecule has 112 valence electrons. The van der Waals surface area contributed by atoms with Crippen molar-refractivity contribution in [3.8, 4) is 5.75 Å². The molecule has 6 heteroatoms. The summed E-state index contributed by atoms with van der Waals surface area (Å²) in [5.74, 6) is -0.0811. The number of hydrogen-bond acceptors (Lipinski definition) is 4. The van der Waals surface area contributed by atoms with Crippen LogP contribution in [0.5, 0.6) is 5.75 Å². The zero-order valence-corrected chi connectivity index (χ0v) is 12.4. The SMILES string of the molecule is COc1ccc(Cn2cc([C@H](C(=O)O)N(C)C)cn2)cc1. The predicted octanol–water partition coefficient (Wildman–Crippen LogP) is 1.63. The molecule has 0 spiro atoms. The third-order valence-electron chi connectivity index (χ3n) is 3.22. The van der Waals surface area contributed by atoms with E-state index in [0.29, 0.717) is 12.1 Å². The lowest BCUT2D eigenvalue weighted by Gasteiger charge is -2.18. The lowest BCUT2D eigenvalue weighted by molar-refractivity contribution is -0.142. The molecule has 0 aliphatic heterocycles. The molecule has 0 fully saturated rings. The number of carboxylic acid groups (broad SMARTS) is 1. The maximum Gasteiger partial charge on any atom is 0.325 e. The molecule has 0 bridgehead atoms. The lowest BCUT2D eigenvalue weighted by Crippen LogP contribution is -2.27. The molecule has 1 N–H and O–H groups in total. The van der Waals surface area contributed by atoms with Gasteiger partial charge in [0, 0.05) is 11.8 Å². The quantitative estimate of drug-likeness (QED) is 0.875. The normalized spacial score (nSPS) is 12.4. The first-order chi connectivity index (χ1) is 10.0. The number of carboxylic acids is 1. The molecule has 2 rings (SSSR count). The van der Waals surface area contributed by atoms with Crippen LogP contribution in [0.3, 0.4) is 0 Å². The fraction of sp³-hybridized carbons (Fsp3) is 0.333. The van der Waals surface area contributed by atoms with Crippen molar-refractivity contribution in [2.75, 3.05) is 21.2 Å². The molecule has 1 aromatic carbocycles. The Hall–Kier alpha value is -2.34. The van der Waals surface area contributed by atoms with Crippen molar-refractivity contribution >= 4 is 5.97 Å². The average molecular weight is 289 g/mol. The van der Waals surface area contributed by atoms with E-state index in [1.807, 2.05) is 24.3 Å². The molecular weight excluding hydrogens is 270 g/mol. The summed E-state index contributed by atoms with van der Waals surface area (Å²) in [4.78, 5) is 12.9. The highest BCUT2D eigenvalue weighted by atomic mass is 16.5. The number of methoxy groups -OCH3 is 1. The molecule has 0 unspecified atom stereocenters. The van der Waals surface area contributed by atoms with Crippen LogP contribution in [0.2, 0.25) is 0 Å². The Kier molecular flexibility index (Phi) is 4.59. The molecule has 1 heterocycles. The molecule has 21 heavy (non-hydrogen) atoms. The minimum Gasteiger partial charge on any atom is -0.497 e. The highest BCUT2D eigenvalue weighted by Crippen LogP contribution is 2.18. The Morgan fingerprint density at radius 2 is 2.05 bits per heavy atom. The second-order valence-electron chi connectivity index (χ2n) is 5.02. The topological polar surface area (TPSA) is 67.6 Å². The number of carbonyl (C=O) groups is 1. The van der Waals surface area contributed by atoms with Crippen LogP contribution in [0.15, 0.2) is 36.7 Å². The number of hydrogen-bond donors (Lipinski definition) is 1. The van der Waals surface area contributed by atoms with Crippen molar-refractivity contribution < 1.29 is 14.6 Å². The minimum atomic E-state index is -0.885. The molecule has 0 saturated carbocycles. The summed E-state index contributed by atoms with van der Waals surface area (Å²) in [6.45, 7) is 0.587. The van der Waals surface area contributed by atoms with Gasteiger partial charge >= 0.3 is 5.97 Å². The third kappa shape index (κ3) is 3.61. The Balaban J connectivity index is 2.13. The van der Waals surface area contributed by atoms with Crippen LogP contribution in [0.4, 0.5) is 0 Å². The number of benzene rings is 1. The molecule has 0 aliphatic rings. The van der Waals surface area contributed by atoms with Gasteiger partial charge in [0.1, 0.15) is 11.8 Å². The van der Waals surface area contributed by atoms with Crippen molar-refractivity contribution in [2.45, 2.75) is 12.6 Å². The smallest absolute Gasteiger partial charge is 0.325 e. The van der Waals surface area contributed by atoms with Gasteiger partial charge in [-0.05, 0) is 31.8 Å². The summed E-state index contributed by atoms with van der Waals surface area (Å²) >= 11 is 0. The Bertz CT molecular complexity index is 605. The largest absolute Gasteiger partial charge is 0.497 e. The molecule has 6 nitrogen and oxygen atoms in total. The fourth-order valence-corrected chi connectivity index (χ4v) is 2.19. The second kappa shape index (κ2) is 6.41. The highest BCUT2D eigenvalue weighted by molar-refractivity contribution is 5.75. The van der Waals surface area contributed by atoms with Crippen molar-refractivity contribution in [3.63, 3.8) is 0 Å². The minimum absolute atomic E-state index is 0.587. The average Bonchev–Trinajstić information content (AvgIpc) is 2.87. The van der Waals surface area contributed by atoms with Crippen LogP contribution in [0.25, 0.3) is 0 Å². The Labute approximate surface area is 123 Å². The first-order valence-corrected chi connectivity index (χ1v) is 6.55.